The van der Waals surface area contributed by atoms with Gasteiger partial charge in [0.1, 0.15) is 0 Å². The normalized spacial score (nSPS) is 32.5. The monoisotopic (exact) mass is 456 g/mol. The second-order valence-electron chi connectivity index (χ2n) is 13.0. The van der Waals surface area contributed by atoms with E-state index in [9.17, 15) is 0 Å². The summed E-state index contributed by atoms with van der Waals surface area (Å²) in [5, 5.41) is 0. The number of hydrogen-bond acceptors (Lipinski definition) is 1. The van der Waals surface area contributed by atoms with Gasteiger partial charge in [0.05, 0.1) is 0 Å². The van der Waals surface area contributed by atoms with Gasteiger partial charge in [0.25, 0.3) is 0 Å². The molecule has 1 fully saturated rings. The van der Waals surface area contributed by atoms with Crippen LogP contribution in [-0.2, 0) is 4.43 Å². The molecule has 0 heterocycles. The fourth-order valence-corrected chi connectivity index (χ4v) is 8.30. The summed E-state index contributed by atoms with van der Waals surface area (Å²) in [6, 6.07) is 0. The first-order valence-corrected chi connectivity index (χ1v) is 17.1. The number of hydrogen-bond donors (Lipinski definition) is 0. The Morgan fingerprint density at radius 1 is 1.09 bits per heavy atom. The first-order chi connectivity index (χ1) is 15.0. The minimum absolute atomic E-state index is 0.429. The fourth-order valence-electron chi connectivity index (χ4n) is 7.10. The van der Waals surface area contributed by atoms with E-state index in [2.05, 4.69) is 72.5 Å². The van der Waals surface area contributed by atoms with Crippen LogP contribution in [0.25, 0.3) is 0 Å². The van der Waals surface area contributed by atoms with E-state index in [1.165, 1.54) is 57.8 Å². The van der Waals surface area contributed by atoms with E-state index in [1.807, 2.05) is 0 Å². The van der Waals surface area contributed by atoms with Gasteiger partial charge in [-0.05, 0) is 112 Å². The highest BCUT2D eigenvalue weighted by molar-refractivity contribution is 6.69. The van der Waals surface area contributed by atoms with Gasteiger partial charge in [0.15, 0.2) is 8.32 Å². The van der Waals surface area contributed by atoms with Gasteiger partial charge in [-0.1, -0.05) is 70.8 Å². The van der Waals surface area contributed by atoms with Crippen molar-refractivity contribution >= 4 is 8.32 Å². The zero-order chi connectivity index (χ0) is 23.5. The highest BCUT2D eigenvalue weighted by atomic mass is 28.4. The van der Waals surface area contributed by atoms with E-state index in [1.54, 1.807) is 16.7 Å². The molecule has 3 aliphatic carbocycles. The van der Waals surface area contributed by atoms with Crippen LogP contribution in [0.3, 0.4) is 0 Å². The summed E-state index contributed by atoms with van der Waals surface area (Å²) >= 11 is 0. The van der Waals surface area contributed by atoms with Crippen molar-refractivity contribution in [1.29, 1.82) is 0 Å². The molecule has 5 atom stereocenters. The molecule has 1 nitrogen and oxygen atoms in total. The average molecular weight is 457 g/mol. The highest BCUT2D eigenvalue weighted by Gasteiger charge is 2.49. The molecule has 0 unspecified atom stereocenters. The molecule has 0 N–H and O–H groups in total. The molecule has 3 aliphatic rings. The van der Waals surface area contributed by atoms with Crippen LogP contribution in [0.2, 0.25) is 19.6 Å². The highest BCUT2D eigenvalue weighted by Crippen LogP contribution is 2.58. The van der Waals surface area contributed by atoms with Crippen molar-refractivity contribution in [2.24, 2.45) is 29.1 Å². The summed E-state index contributed by atoms with van der Waals surface area (Å²) < 4.78 is 6.48. The van der Waals surface area contributed by atoms with Gasteiger partial charge in [-0.15, -0.1) is 0 Å². The van der Waals surface area contributed by atoms with Gasteiger partial charge in [-0.2, -0.15) is 0 Å². The maximum atomic E-state index is 6.48. The molecule has 182 valence electrons. The van der Waals surface area contributed by atoms with Crippen molar-refractivity contribution in [2.75, 3.05) is 0 Å². The molecule has 0 bridgehead atoms. The van der Waals surface area contributed by atoms with Crippen LogP contribution in [-0.4, -0.2) is 14.4 Å². The molecule has 0 aliphatic heterocycles. The predicted octanol–water partition coefficient (Wildman–Crippen LogP) is 9.48. The SMILES string of the molecule is CC1=C(/C=C/C2=CCC[C@]3(C)[C@@H]([C@H](C)CCCC(C)C)CC[C@@H]23)C[C@@H](O[Si](C)(C)C)CC1. The van der Waals surface area contributed by atoms with E-state index in [4.69, 9.17) is 4.43 Å². The van der Waals surface area contributed by atoms with Gasteiger partial charge in [0, 0.05) is 6.10 Å². The van der Waals surface area contributed by atoms with Gasteiger partial charge in [-0.3, -0.25) is 0 Å². The zero-order valence-electron chi connectivity index (χ0n) is 22.6. The Bertz CT molecular complexity index is 722. The molecule has 32 heavy (non-hydrogen) atoms. The topological polar surface area (TPSA) is 9.23 Å². The molecular formula is C30H52OSi. The third kappa shape index (κ3) is 6.50. The van der Waals surface area contributed by atoms with Gasteiger partial charge >= 0.3 is 0 Å². The Kier molecular flexibility index (Phi) is 8.75. The largest absolute Gasteiger partial charge is 0.414 e. The number of rotatable bonds is 9. The van der Waals surface area contributed by atoms with E-state index >= 15 is 0 Å². The average Bonchev–Trinajstić information content (AvgIpc) is 3.04. The Morgan fingerprint density at radius 2 is 1.84 bits per heavy atom. The van der Waals surface area contributed by atoms with Crippen molar-refractivity contribution in [2.45, 2.75) is 125 Å². The smallest absolute Gasteiger partial charge is 0.184 e. The summed E-state index contributed by atoms with van der Waals surface area (Å²) in [4.78, 5) is 0. The standard InChI is InChI=1S/C30H52OSi/c1-22(2)11-9-12-24(4)28-18-19-29-25(13-10-20-30(28,29)5)15-16-26-21-27(17-14-23(26)3)31-32(6,7)8/h13,15-16,22,24,27-29H,9-12,14,17-21H2,1-8H3/b16-15+/t24-,27+,28-,29+,30-/m1/s1. The summed E-state index contributed by atoms with van der Waals surface area (Å²) in [5.74, 6) is 3.39. The summed E-state index contributed by atoms with van der Waals surface area (Å²) in [5.41, 5.74) is 5.28. The molecule has 2 heteroatoms. The van der Waals surface area contributed by atoms with Crippen LogP contribution in [0.15, 0.2) is 34.9 Å². The van der Waals surface area contributed by atoms with Crippen molar-refractivity contribution in [3.05, 3.63) is 34.9 Å². The fraction of sp³-hybridized carbons (Fsp3) is 0.800. The first-order valence-electron chi connectivity index (χ1n) is 13.7. The van der Waals surface area contributed by atoms with Crippen molar-refractivity contribution in [3.63, 3.8) is 0 Å². The quantitative estimate of drug-likeness (QED) is 0.314. The van der Waals surface area contributed by atoms with E-state index in [0.717, 1.165) is 30.1 Å². The van der Waals surface area contributed by atoms with Gasteiger partial charge in [-0.25, -0.2) is 0 Å². The minimum atomic E-state index is -1.47. The second-order valence-corrected chi connectivity index (χ2v) is 17.5. The molecule has 3 rings (SSSR count). The van der Waals surface area contributed by atoms with E-state index in [-0.39, 0.29) is 0 Å². The lowest BCUT2D eigenvalue weighted by molar-refractivity contribution is 0.107. The van der Waals surface area contributed by atoms with Crippen LogP contribution >= 0.6 is 0 Å². The maximum Gasteiger partial charge on any atom is 0.184 e. The van der Waals surface area contributed by atoms with Crippen LogP contribution in [0.4, 0.5) is 0 Å². The molecule has 0 spiro atoms. The molecule has 0 aromatic carbocycles. The van der Waals surface area contributed by atoms with Crippen LogP contribution < -0.4 is 0 Å². The molecule has 0 radical (unpaired) electrons. The van der Waals surface area contributed by atoms with Crippen molar-refractivity contribution in [3.8, 4) is 0 Å². The number of fused-ring (bicyclic) bond motifs is 1. The van der Waals surface area contributed by atoms with Gasteiger partial charge in [0.2, 0.25) is 0 Å². The Labute approximate surface area is 201 Å². The Hall–Kier alpha value is -0.603. The maximum absolute atomic E-state index is 6.48. The van der Waals surface area contributed by atoms with Crippen molar-refractivity contribution in [1.82, 2.24) is 0 Å². The van der Waals surface area contributed by atoms with Crippen molar-refractivity contribution < 1.29 is 4.43 Å². The lowest BCUT2D eigenvalue weighted by atomic mass is 9.62. The summed E-state index contributed by atoms with van der Waals surface area (Å²) in [7, 11) is -1.47. The lowest BCUT2D eigenvalue weighted by Gasteiger charge is -2.43. The van der Waals surface area contributed by atoms with Crippen LogP contribution in [0.5, 0.6) is 0 Å². The summed E-state index contributed by atoms with van der Waals surface area (Å²) in [6.45, 7) is 19.2. The summed E-state index contributed by atoms with van der Waals surface area (Å²) in [6.07, 6.45) is 21.2. The molecule has 0 aromatic rings. The lowest BCUT2D eigenvalue weighted by Crippen LogP contribution is -2.35. The second kappa shape index (κ2) is 10.8. The number of allylic oxidation sites excluding steroid dienone is 5. The Morgan fingerprint density at radius 3 is 2.53 bits per heavy atom. The molecule has 0 aromatic heterocycles. The Balaban J connectivity index is 1.66. The third-order valence-electron chi connectivity index (χ3n) is 8.84. The zero-order valence-corrected chi connectivity index (χ0v) is 23.6. The third-order valence-corrected chi connectivity index (χ3v) is 9.88. The van der Waals surface area contributed by atoms with Gasteiger partial charge < -0.3 is 4.43 Å². The van der Waals surface area contributed by atoms with E-state index in [0.29, 0.717) is 11.5 Å². The van der Waals surface area contributed by atoms with Crippen LogP contribution in [0.1, 0.15) is 98.8 Å². The molecule has 1 saturated carbocycles. The molecule has 0 amide bonds. The minimum Gasteiger partial charge on any atom is -0.414 e. The predicted molar refractivity (Wildman–Crippen MR) is 143 cm³/mol. The van der Waals surface area contributed by atoms with E-state index < -0.39 is 8.32 Å². The molecule has 0 saturated heterocycles. The molecular weight excluding hydrogens is 404 g/mol. The van der Waals surface area contributed by atoms with Crippen LogP contribution in [0, 0.1) is 29.1 Å². The first kappa shape index (κ1) is 26.0.